The molecule has 1 saturated heterocycles. The van der Waals surface area contributed by atoms with Gasteiger partial charge in [0.05, 0.1) is 12.0 Å². The Hall–Kier alpha value is -1.33. The van der Waals surface area contributed by atoms with Crippen molar-refractivity contribution in [3.8, 4) is 6.07 Å². The lowest BCUT2D eigenvalue weighted by atomic mass is 9.95. The smallest absolute Gasteiger partial charge is 0.0662 e. The third-order valence-electron chi connectivity index (χ3n) is 3.79. The molecule has 0 bridgehead atoms. The van der Waals surface area contributed by atoms with Crippen molar-refractivity contribution in [3.05, 3.63) is 35.4 Å². The number of nitriles is 1. The first-order valence-corrected chi connectivity index (χ1v) is 6.12. The Bertz CT molecular complexity index is 427. The zero-order chi connectivity index (χ0) is 11.0. The topological polar surface area (TPSA) is 35.8 Å². The van der Waals surface area contributed by atoms with Crippen molar-refractivity contribution in [2.45, 2.75) is 31.2 Å². The quantitative estimate of drug-likeness (QED) is 0.818. The van der Waals surface area contributed by atoms with Crippen molar-refractivity contribution >= 4 is 0 Å². The Morgan fingerprint density at radius 2 is 2.06 bits per heavy atom. The Labute approximate surface area is 96.3 Å². The van der Waals surface area contributed by atoms with Gasteiger partial charge in [-0.25, -0.2) is 0 Å². The van der Waals surface area contributed by atoms with Crippen molar-refractivity contribution in [2.24, 2.45) is 5.92 Å². The van der Waals surface area contributed by atoms with E-state index in [9.17, 15) is 0 Å². The lowest BCUT2D eigenvalue weighted by molar-refractivity contribution is 0.639. The van der Waals surface area contributed by atoms with Crippen molar-refractivity contribution in [2.75, 3.05) is 6.54 Å². The predicted octanol–water partition coefficient (Wildman–Crippen LogP) is 2.74. The fraction of sp³-hybridized carbons (Fsp3) is 0.500. The van der Waals surface area contributed by atoms with Crippen LogP contribution in [0.15, 0.2) is 24.3 Å². The minimum Gasteiger partial charge on any atom is -0.310 e. The van der Waals surface area contributed by atoms with E-state index in [0.717, 1.165) is 13.0 Å². The van der Waals surface area contributed by atoms with E-state index in [0.29, 0.717) is 12.0 Å². The molecule has 82 valence electrons. The molecule has 1 N–H and O–H groups in total. The number of benzene rings is 1. The molecule has 0 aromatic heterocycles. The number of hydrogen-bond acceptors (Lipinski definition) is 2. The molecule has 16 heavy (non-hydrogen) atoms. The molecule has 3 rings (SSSR count). The molecule has 1 aliphatic heterocycles. The van der Waals surface area contributed by atoms with Crippen molar-refractivity contribution < 1.29 is 0 Å². The highest BCUT2D eigenvalue weighted by Gasteiger charge is 2.40. The first kappa shape index (κ1) is 9.86. The minimum atomic E-state index is 0.266. The highest BCUT2D eigenvalue weighted by atomic mass is 14.9. The van der Waals surface area contributed by atoms with Gasteiger partial charge in [0.1, 0.15) is 0 Å². The second kappa shape index (κ2) is 3.92. The summed E-state index contributed by atoms with van der Waals surface area (Å²) in [4.78, 5) is 0. The molecule has 2 fully saturated rings. The SMILES string of the molecule is N#C[C@@H]1C[C@H]1c1ccccc1C1CCCN1. The molecule has 2 aliphatic rings. The van der Waals surface area contributed by atoms with Gasteiger partial charge in [-0.3, -0.25) is 0 Å². The van der Waals surface area contributed by atoms with Crippen LogP contribution in [0.1, 0.15) is 42.3 Å². The molecular formula is C14H16N2. The van der Waals surface area contributed by atoms with Crippen LogP contribution < -0.4 is 5.32 Å². The summed E-state index contributed by atoms with van der Waals surface area (Å²) in [6.07, 6.45) is 3.56. The standard InChI is InChI=1S/C14H16N2/c15-9-10-8-13(10)11-4-1-2-5-12(11)14-6-3-7-16-14/h1-2,4-5,10,13-14,16H,3,6-8H2/t10-,13+,14?/m0/s1. The number of nitrogens with zero attached hydrogens (tertiary/aromatic N) is 1. The van der Waals surface area contributed by atoms with Crippen LogP contribution in [0.25, 0.3) is 0 Å². The van der Waals surface area contributed by atoms with E-state index in [1.165, 1.54) is 24.0 Å². The molecule has 1 aliphatic carbocycles. The molecule has 0 radical (unpaired) electrons. The van der Waals surface area contributed by atoms with Crippen LogP contribution in [0.2, 0.25) is 0 Å². The van der Waals surface area contributed by atoms with Gasteiger partial charge in [0, 0.05) is 12.0 Å². The largest absolute Gasteiger partial charge is 0.310 e. The van der Waals surface area contributed by atoms with E-state index in [1.807, 2.05) is 0 Å². The second-order valence-corrected chi connectivity index (χ2v) is 4.86. The Morgan fingerprint density at radius 3 is 2.69 bits per heavy atom. The van der Waals surface area contributed by atoms with Gasteiger partial charge >= 0.3 is 0 Å². The predicted molar refractivity (Wildman–Crippen MR) is 62.9 cm³/mol. The average Bonchev–Trinajstić information content (AvgIpc) is 2.93. The third-order valence-corrected chi connectivity index (χ3v) is 3.79. The zero-order valence-corrected chi connectivity index (χ0v) is 9.32. The van der Waals surface area contributed by atoms with E-state index in [4.69, 9.17) is 5.26 Å². The van der Waals surface area contributed by atoms with Gasteiger partial charge in [-0.15, -0.1) is 0 Å². The first-order chi connectivity index (χ1) is 7.90. The summed E-state index contributed by atoms with van der Waals surface area (Å²) >= 11 is 0. The first-order valence-electron chi connectivity index (χ1n) is 6.12. The molecule has 1 unspecified atom stereocenters. The zero-order valence-electron chi connectivity index (χ0n) is 9.32. The number of nitrogens with one attached hydrogen (secondary N) is 1. The Balaban J connectivity index is 1.90. The van der Waals surface area contributed by atoms with Crippen LogP contribution in [0, 0.1) is 17.2 Å². The van der Waals surface area contributed by atoms with Gasteiger partial charge in [0.2, 0.25) is 0 Å². The molecule has 2 nitrogen and oxygen atoms in total. The van der Waals surface area contributed by atoms with Gasteiger partial charge in [0.25, 0.3) is 0 Å². The Kier molecular flexibility index (Phi) is 2.41. The van der Waals surface area contributed by atoms with E-state index in [2.05, 4.69) is 35.7 Å². The second-order valence-electron chi connectivity index (χ2n) is 4.86. The normalized spacial score (nSPS) is 32.3. The van der Waals surface area contributed by atoms with Gasteiger partial charge in [0.15, 0.2) is 0 Å². The summed E-state index contributed by atoms with van der Waals surface area (Å²) in [5.41, 5.74) is 2.84. The highest BCUT2D eigenvalue weighted by molar-refractivity contribution is 5.38. The molecule has 1 heterocycles. The maximum Gasteiger partial charge on any atom is 0.0662 e. The van der Waals surface area contributed by atoms with E-state index in [-0.39, 0.29) is 5.92 Å². The molecular weight excluding hydrogens is 196 g/mol. The minimum absolute atomic E-state index is 0.266. The van der Waals surface area contributed by atoms with Gasteiger partial charge in [-0.05, 0) is 36.9 Å². The van der Waals surface area contributed by atoms with Gasteiger partial charge in [-0.2, -0.15) is 5.26 Å². The summed E-state index contributed by atoms with van der Waals surface area (Å²) < 4.78 is 0. The fourth-order valence-corrected chi connectivity index (χ4v) is 2.80. The highest BCUT2D eigenvalue weighted by Crippen LogP contribution is 2.49. The molecule has 1 aromatic rings. The lowest BCUT2D eigenvalue weighted by Gasteiger charge is -2.15. The van der Waals surface area contributed by atoms with Crippen LogP contribution in [-0.4, -0.2) is 6.54 Å². The third kappa shape index (κ3) is 1.62. The maximum absolute atomic E-state index is 8.93. The van der Waals surface area contributed by atoms with Gasteiger partial charge in [-0.1, -0.05) is 24.3 Å². The van der Waals surface area contributed by atoms with Crippen LogP contribution in [0.5, 0.6) is 0 Å². The fourth-order valence-electron chi connectivity index (χ4n) is 2.80. The maximum atomic E-state index is 8.93. The molecule has 1 saturated carbocycles. The van der Waals surface area contributed by atoms with Gasteiger partial charge < -0.3 is 5.32 Å². The summed E-state index contributed by atoms with van der Waals surface area (Å²) in [6, 6.07) is 11.6. The molecule has 0 amide bonds. The number of hydrogen-bond donors (Lipinski definition) is 1. The summed E-state index contributed by atoms with van der Waals surface area (Å²) in [5.74, 6) is 0.770. The number of rotatable bonds is 2. The molecule has 3 atom stereocenters. The summed E-state index contributed by atoms with van der Waals surface area (Å²) in [7, 11) is 0. The van der Waals surface area contributed by atoms with E-state index in [1.54, 1.807) is 0 Å². The lowest BCUT2D eigenvalue weighted by Crippen LogP contribution is -2.14. The van der Waals surface area contributed by atoms with Crippen LogP contribution in [0.4, 0.5) is 0 Å². The average molecular weight is 212 g/mol. The summed E-state index contributed by atoms with van der Waals surface area (Å²) in [5, 5.41) is 12.5. The van der Waals surface area contributed by atoms with Crippen LogP contribution >= 0.6 is 0 Å². The monoisotopic (exact) mass is 212 g/mol. The van der Waals surface area contributed by atoms with E-state index < -0.39 is 0 Å². The van der Waals surface area contributed by atoms with Crippen molar-refractivity contribution in [1.29, 1.82) is 5.26 Å². The molecule has 1 aromatic carbocycles. The van der Waals surface area contributed by atoms with Crippen LogP contribution in [-0.2, 0) is 0 Å². The van der Waals surface area contributed by atoms with Crippen LogP contribution in [0.3, 0.4) is 0 Å². The van der Waals surface area contributed by atoms with Crippen molar-refractivity contribution in [3.63, 3.8) is 0 Å². The molecule has 0 spiro atoms. The Morgan fingerprint density at radius 1 is 1.25 bits per heavy atom. The summed E-state index contributed by atoms with van der Waals surface area (Å²) in [6.45, 7) is 1.13. The van der Waals surface area contributed by atoms with E-state index >= 15 is 0 Å². The molecule has 2 heteroatoms. The van der Waals surface area contributed by atoms with Crippen molar-refractivity contribution in [1.82, 2.24) is 5.32 Å².